The fourth-order valence-corrected chi connectivity index (χ4v) is 2.95. The fourth-order valence-electron chi connectivity index (χ4n) is 2.95. The van der Waals surface area contributed by atoms with Crippen molar-refractivity contribution in [2.75, 3.05) is 61.5 Å². The predicted molar refractivity (Wildman–Crippen MR) is 113 cm³/mol. The Balaban J connectivity index is 1.46. The van der Waals surface area contributed by atoms with Crippen molar-refractivity contribution in [1.82, 2.24) is 15.3 Å². The van der Waals surface area contributed by atoms with Crippen molar-refractivity contribution >= 4 is 23.5 Å². The molecule has 0 bridgehead atoms. The fraction of sp³-hybridized carbons (Fsp3) is 0.450. The topological polar surface area (TPSA) is 101 Å². The number of hydrogen-bond acceptors (Lipinski definition) is 7. The van der Waals surface area contributed by atoms with E-state index >= 15 is 0 Å². The van der Waals surface area contributed by atoms with Gasteiger partial charge in [-0.2, -0.15) is 4.98 Å². The highest BCUT2D eigenvalue weighted by Gasteiger charge is 2.14. The van der Waals surface area contributed by atoms with E-state index in [4.69, 9.17) is 9.47 Å². The largest absolute Gasteiger partial charge is 0.492 e. The molecule has 0 unspecified atom stereocenters. The average Bonchev–Trinajstić information content (AvgIpc) is 2.73. The van der Waals surface area contributed by atoms with Gasteiger partial charge in [-0.15, -0.1) is 0 Å². The highest BCUT2D eigenvalue weighted by Crippen LogP contribution is 2.23. The van der Waals surface area contributed by atoms with E-state index in [9.17, 15) is 4.79 Å². The molecular weight excluding hydrogens is 372 g/mol. The molecule has 3 rings (SSSR count). The molecule has 9 heteroatoms. The summed E-state index contributed by atoms with van der Waals surface area (Å²) >= 11 is 0. The molecule has 1 aromatic heterocycles. The molecule has 9 nitrogen and oxygen atoms in total. The summed E-state index contributed by atoms with van der Waals surface area (Å²) < 4.78 is 10.9. The summed E-state index contributed by atoms with van der Waals surface area (Å²) in [5.41, 5.74) is 1.53. The van der Waals surface area contributed by atoms with Gasteiger partial charge in [0.1, 0.15) is 11.6 Å². The van der Waals surface area contributed by atoms with Gasteiger partial charge in [0.2, 0.25) is 5.95 Å². The lowest BCUT2D eigenvalue weighted by molar-refractivity contribution is 0.122. The van der Waals surface area contributed by atoms with Crippen LogP contribution in [0.4, 0.5) is 22.2 Å². The number of aromatic nitrogens is 2. The molecule has 2 heterocycles. The van der Waals surface area contributed by atoms with Crippen LogP contribution < -0.4 is 25.6 Å². The Bertz CT molecular complexity index is 811. The summed E-state index contributed by atoms with van der Waals surface area (Å²) in [5, 5.41) is 8.78. The third kappa shape index (κ3) is 6.21. The van der Waals surface area contributed by atoms with Gasteiger partial charge in [-0.1, -0.05) is 12.1 Å². The van der Waals surface area contributed by atoms with E-state index in [1.807, 2.05) is 38.1 Å². The summed E-state index contributed by atoms with van der Waals surface area (Å²) in [6.07, 6.45) is 0. The SMILES string of the molecule is CCOc1ccccc1NC(=O)NCCNc1nc(C)cc(N2CCOCC2)n1. The second-order valence-electron chi connectivity index (χ2n) is 6.53. The van der Waals surface area contributed by atoms with Crippen LogP contribution in [0, 0.1) is 6.92 Å². The molecule has 1 aliphatic heterocycles. The molecule has 0 aliphatic carbocycles. The van der Waals surface area contributed by atoms with Crippen molar-refractivity contribution in [2.24, 2.45) is 0 Å². The van der Waals surface area contributed by atoms with Crippen molar-refractivity contribution in [2.45, 2.75) is 13.8 Å². The number of rotatable bonds is 8. The van der Waals surface area contributed by atoms with Crippen molar-refractivity contribution in [3.63, 3.8) is 0 Å². The Labute approximate surface area is 170 Å². The highest BCUT2D eigenvalue weighted by molar-refractivity contribution is 5.90. The molecule has 3 N–H and O–H groups in total. The van der Waals surface area contributed by atoms with Crippen LogP contribution in [-0.2, 0) is 4.74 Å². The highest BCUT2D eigenvalue weighted by atomic mass is 16.5. The number of para-hydroxylation sites is 2. The molecule has 0 atom stereocenters. The lowest BCUT2D eigenvalue weighted by Gasteiger charge is -2.28. The van der Waals surface area contributed by atoms with E-state index < -0.39 is 0 Å². The molecule has 0 spiro atoms. The molecule has 1 aliphatic rings. The monoisotopic (exact) mass is 400 g/mol. The number of benzene rings is 1. The third-order valence-electron chi connectivity index (χ3n) is 4.30. The number of carbonyl (C=O) groups excluding carboxylic acids is 1. The first-order valence-electron chi connectivity index (χ1n) is 9.84. The second-order valence-corrected chi connectivity index (χ2v) is 6.53. The van der Waals surface area contributed by atoms with Crippen LogP contribution in [-0.4, -0.2) is 62.0 Å². The number of aryl methyl sites for hydroxylation is 1. The van der Waals surface area contributed by atoms with Crippen molar-refractivity contribution < 1.29 is 14.3 Å². The van der Waals surface area contributed by atoms with Gasteiger partial charge in [-0.3, -0.25) is 0 Å². The Morgan fingerprint density at radius 2 is 2.00 bits per heavy atom. The molecular formula is C20H28N6O3. The minimum absolute atomic E-state index is 0.293. The average molecular weight is 400 g/mol. The van der Waals surface area contributed by atoms with Gasteiger partial charge in [-0.05, 0) is 26.0 Å². The van der Waals surface area contributed by atoms with Gasteiger partial charge in [0, 0.05) is 37.9 Å². The zero-order valence-corrected chi connectivity index (χ0v) is 16.9. The molecule has 29 heavy (non-hydrogen) atoms. The number of nitrogens with one attached hydrogen (secondary N) is 3. The molecule has 2 aromatic rings. The number of carbonyl (C=O) groups is 1. The van der Waals surface area contributed by atoms with Crippen LogP contribution in [0.1, 0.15) is 12.6 Å². The zero-order chi connectivity index (χ0) is 20.5. The van der Waals surface area contributed by atoms with Gasteiger partial charge in [0.05, 0.1) is 25.5 Å². The van der Waals surface area contributed by atoms with Crippen molar-refractivity contribution in [3.05, 3.63) is 36.0 Å². The number of hydrogen-bond donors (Lipinski definition) is 3. The molecule has 0 radical (unpaired) electrons. The number of anilines is 3. The van der Waals surface area contributed by atoms with E-state index in [0.29, 0.717) is 50.3 Å². The molecule has 156 valence electrons. The zero-order valence-electron chi connectivity index (χ0n) is 16.9. The normalized spacial score (nSPS) is 13.7. The first kappa shape index (κ1) is 20.7. The number of ether oxygens (including phenoxy) is 2. The second kappa shape index (κ2) is 10.5. The standard InChI is InChI=1S/C20H28N6O3/c1-3-29-17-7-5-4-6-16(17)24-20(27)22-9-8-21-19-23-15(2)14-18(25-19)26-10-12-28-13-11-26/h4-7,14H,3,8-13H2,1-2H3,(H,21,23,25)(H2,22,24,27). The lowest BCUT2D eigenvalue weighted by Crippen LogP contribution is -2.37. The lowest BCUT2D eigenvalue weighted by atomic mass is 10.3. The summed E-state index contributed by atoms with van der Waals surface area (Å²) in [6.45, 7) is 8.36. The van der Waals surface area contributed by atoms with Gasteiger partial charge in [0.25, 0.3) is 0 Å². The van der Waals surface area contributed by atoms with Gasteiger partial charge < -0.3 is 30.3 Å². The van der Waals surface area contributed by atoms with E-state index in [1.54, 1.807) is 6.07 Å². The van der Waals surface area contributed by atoms with Crippen LogP contribution in [0.15, 0.2) is 30.3 Å². The summed E-state index contributed by atoms with van der Waals surface area (Å²) in [6, 6.07) is 9.01. The van der Waals surface area contributed by atoms with E-state index in [0.717, 1.165) is 24.6 Å². The van der Waals surface area contributed by atoms with Crippen molar-refractivity contribution in [3.8, 4) is 5.75 Å². The minimum Gasteiger partial charge on any atom is -0.492 e. The molecule has 0 saturated carbocycles. The van der Waals surface area contributed by atoms with Crippen LogP contribution >= 0.6 is 0 Å². The quantitative estimate of drug-likeness (QED) is 0.584. The number of amides is 2. The first-order valence-corrected chi connectivity index (χ1v) is 9.84. The molecule has 1 saturated heterocycles. The van der Waals surface area contributed by atoms with Crippen LogP contribution in [0.2, 0.25) is 0 Å². The number of morpholine rings is 1. The van der Waals surface area contributed by atoms with Gasteiger partial charge in [0.15, 0.2) is 0 Å². The maximum absolute atomic E-state index is 12.1. The Morgan fingerprint density at radius 3 is 2.79 bits per heavy atom. The smallest absolute Gasteiger partial charge is 0.319 e. The van der Waals surface area contributed by atoms with Gasteiger partial charge >= 0.3 is 6.03 Å². The maximum atomic E-state index is 12.1. The van der Waals surface area contributed by atoms with E-state index in [-0.39, 0.29) is 6.03 Å². The maximum Gasteiger partial charge on any atom is 0.319 e. The first-order chi connectivity index (χ1) is 14.2. The summed E-state index contributed by atoms with van der Waals surface area (Å²) in [5.74, 6) is 2.09. The Hall–Kier alpha value is -3.07. The molecule has 1 fully saturated rings. The Morgan fingerprint density at radius 1 is 1.21 bits per heavy atom. The number of urea groups is 1. The van der Waals surface area contributed by atoms with E-state index in [1.165, 1.54) is 0 Å². The predicted octanol–water partition coefficient (Wildman–Crippen LogP) is 2.25. The van der Waals surface area contributed by atoms with Crippen LogP contribution in [0.3, 0.4) is 0 Å². The summed E-state index contributed by atoms with van der Waals surface area (Å²) in [4.78, 5) is 23.3. The molecule has 1 aromatic carbocycles. The van der Waals surface area contributed by atoms with Gasteiger partial charge in [-0.25, -0.2) is 9.78 Å². The van der Waals surface area contributed by atoms with Crippen molar-refractivity contribution in [1.29, 1.82) is 0 Å². The number of nitrogens with zero attached hydrogens (tertiary/aromatic N) is 3. The van der Waals surface area contributed by atoms with E-state index in [2.05, 4.69) is 30.8 Å². The van der Waals surface area contributed by atoms with Crippen LogP contribution in [0.5, 0.6) is 5.75 Å². The Kier molecular flexibility index (Phi) is 7.46. The van der Waals surface area contributed by atoms with Crippen LogP contribution in [0.25, 0.3) is 0 Å². The third-order valence-corrected chi connectivity index (χ3v) is 4.30. The summed E-state index contributed by atoms with van der Waals surface area (Å²) in [7, 11) is 0. The minimum atomic E-state index is -0.293. The molecule has 2 amide bonds.